The van der Waals surface area contributed by atoms with Crippen molar-refractivity contribution in [1.82, 2.24) is 10.3 Å². The van der Waals surface area contributed by atoms with E-state index in [0.29, 0.717) is 17.1 Å². The lowest BCUT2D eigenvalue weighted by atomic mass is 10.1. The van der Waals surface area contributed by atoms with E-state index >= 15 is 0 Å². The summed E-state index contributed by atoms with van der Waals surface area (Å²) in [6, 6.07) is 21.0. The average Bonchev–Trinajstić information content (AvgIpc) is 3.34. The molecule has 1 aliphatic carbocycles. The predicted molar refractivity (Wildman–Crippen MR) is 123 cm³/mol. The first kappa shape index (κ1) is 21.1. The molecule has 6 heteroatoms. The number of hydrogen-bond donors (Lipinski definition) is 2. The van der Waals surface area contributed by atoms with Crippen LogP contribution in [0.5, 0.6) is 0 Å². The highest BCUT2D eigenvalue weighted by molar-refractivity contribution is 7.99. The van der Waals surface area contributed by atoms with Gasteiger partial charge in [0.1, 0.15) is 5.03 Å². The zero-order valence-electron chi connectivity index (χ0n) is 17.2. The molecule has 1 fully saturated rings. The Morgan fingerprint density at radius 2 is 1.77 bits per heavy atom. The molecule has 158 valence electrons. The highest BCUT2D eigenvalue weighted by Gasteiger charge is 2.22. The summed E-state index contributed by atoms with van der Waals surface area (Å²) in [5.41, 5.74) is 2.24. The van der Waals surface area contributed by atoms with Gasteiger partial charge >= 0.3 is 0 Å². The maximum atomic E-state index is 12.8. The largest absolute Gasteiger partial charge is 0.348 e. The summed E-state index contributed by atoms with van der Waals surface area (Å²) in [4.78, 5) is 30.6. The summed E-state index contributed by atoms with van der Waals surface area (Å²) in [5.74, 6) is 0.0398. The minimum Gasteiger partial charge on any atom is -0.348 e. The summed E-state index contributed by atoms with van der Waals surface area (Å²) in [6.07, 6.45) is 5.89. The van der Waals surface area contributed by atoms with Crippen LogP contribution in [0, 0.1) is 5.92 Å². The summed E-state index contributed by atoms with van der Waals surface area (Å²) in [7, 11) is 0. The van der Waals surface area contributed by atoms with Crippen LogP contribution in [0.4, 0.5) is 5.69 Å². The van der Waals surface area contributed by atoms with Gasteiger partial charge in [-0.2, -0.15) is 0 Å². The molecule has 1 heterocycles. The monoisotopic (exact) mass is 431 g/mol. The van der Waals surface area contributed by atoms with Gasteiger partial charge in [-0.25, -0.2) is 4.98 Å². The summed E-state index contributed by atoms with van der Waals surface area (Å²) in [5, 5.41) is 6.66. The van der Waals surface area contributed by atoms with E-state index in [-0.39, 0.29) is 17.7 Å². The molecule has 2 amide bonds. The molecule has 0 bridgehead atoms. The van der Waals surface area contributed by atoms with E-state index < -0.39 is 0 Å². The van der Waals surface area contributed by atoms with Gasteiger partial charge in [0, 0.05) is 29.2 Å². The minimum absolute atomic E-state index is 0.0941. The molecule has 0 aliphatic heterocycles. The summed E-state index contributed by atoms with van der Waals surface area (Å²) < 4.78 is 0. The second kappa shape index (κ2) is 10.3. The number of hydrogen-bond acceptors (Lipinski definition) is 4. The van der Waals surface area contributed by atoms with Crippen LogP contribution >= 0.6 is 11.8 Å². The summed E-state index contributed by atoms with van der Waals surface area (Å²) in [6.45, 7) is 0.371. The van der Waals surface area contributed by atoms with E-state index in [2.05, 4.69) is 15.6 Å². The summed E-state index contributed by atoms with van der Waals surface area (Å²) >= 11 is 1.47. The Hall–Kier alpha value is -3.12. The smallest absolute Gasteiger partial charge is 0.254 e. The lowest BCUT2D eigenvalue weighted by molar-refractivity contribution is -0.119. The van der Waals surface area contributed by atoms with Crippen LogP contribution in [0.25, 0.3) is 0 Å². The normalized spacial score (nSPS) is 13.7. The topological polar surface area (TPSA) is 71.1 Å². The van der Waals surface area contributed by atoms with Gasteiger partial charge in [-0.3, -0.25) is 9.59 Å². The van der Waals surface area contributed by atoms with E-state index in [9.17, 15) is 9.59 Å². The molecule has 0 atom stereocenters. The van der Waals surface area contributed by atoms with Crippen molar-refractivity contribution in [2.75, 3.05) is 5.32 Å². The lowest BCUT2D eigenvalue weighted by Crippen LogP contribution is -2.24. The van der Waals surface area contributed by atoms with Gasteiger partial charge in [0.2, 0.25) is 5.91 Å². The fraction of sp³-hybridized carbons (Fsp3) is 0.240. The number of carbonyl (C=O) groups is 2. The van der Waals surface area contributed by atoms with Gasteiger partial charge in [0.15, 0.2) is 0 Å². The molecule has 1 aromatic heterocycles. The zero-order chi connectivity index (χ0) is 21.5. The van der Waals surface area contributed by atoms with Crippen LogP contribution < -0.4 is 10.6 Å². The van der Waals surface area contributed by atoms with Crippen molar-refractivity contribution in [2.24, 2.45) is 5.92 Å². The second-order valence-electron chi connectivity index (χ2n) is 7.62. The van der Waals surface area contributed by atoms with Gasteiger partial charge in [-0.15, -0.1) is 0 Å². The van der Waals surface area contributed by atoms with Crippen LogP contribution in [0.2, 0.25) is 0 Å². The number of amides is 2. The number of nitrogens with zero attached hydrogens (tertiary/aromatic N) is 1. The number of pyridine rings is 1. The number of anilines is 1. The van der Waals surface area contributed by atoms with E-state index in [1.54, 1.807) is 18.3 Å². The van der Waals surface area contributed by atoms with Crippen molar-refractivity contribution in [3.05, 3.63) is 84.1 Å². The molecular weight excluding hydrogens is 406 g/mol. The predicted octanol–water partition coefficient (Wildman–Crippen LogP) is 5.29. The molecule has 4 rings (SSSR count). The molecular formula is C25H25N3O2S. The van der Waals surface area contributed by atoms with Crippen molar-refractivity contribution in [1.29, 1.82) is 0 Å². The van der Waals surface area contributed by atoms with Crippen LogP contribution in [0.15, 0.2) is 82.8 Å². The van der Waals surface area contributed by atoms with E-state index in [1.807, 2.05) is 54.6 Å². The number of benzene rings is 2. The Morgan fingerprint density at radius 1 is 0.968 bits per heavy atom. The van der Waals surface area contributed by atoms with E-state index in [4.69, 9.17) is 0 Å². The molecule has 5 nitrogen and oxygen atoms in total. The number of nitrogens with one attached hydrogen (secondary N) is 2. The van der Waals surface area contributed by atoms with Gasteiger partial charge in [0.25, 0.3) is 5.91 Å². The Kier molecular flexibility index (Phi) is 6.99. The SMILES string of the molecule is O=C(NCc1cccc(NC(=O)C2CCCC2)c1)c1cccnc1Sc1ccccc1. The van der Waals surface area contributed by atoms with Crippen molar-refractivity contribution >= 4 is 29.3 Å². The fourth-order valence-electron chi connectivity index (χ4n) is 3.71. The Morgan fingerprint density at radius 3 is 2.58 bits per heavy atom. The van der Waals surface area contributed by atoms with Gasteiger partial charge in [0.05, 0.1) is 5.56 Å². The first-order valence-electron chi connectivity index (χ1n) is 10.5. The highest BCUT2D eigenvalue weighted by atomic mass is 32.2. The van der Waals surface area contributed by atoms with Crippen LogP contribution in [0.1, 0.15) is 41.6 Å². The van der Waals surface area contributed by atoms with Crippen molar-refractivity contribution in [3.63, 3.8) is 0 Å². The molecule has 0 saturated heterocycles. The Balaban J connectivity index is 1.38. The number of aromatic nitrogens is 1. The molecule has 0 radical (unpaired) electrons. The third kappa shape index (κ3) is 5.73. The van der Waals surface area contributed by atoms with Crippen LogP contribution in [-0.2, 0) is 11.3 Å². The number of carbonyl (C=O) groups excluding carboxylic acids is 2. The number of rotatable bonds is 7. The first-order valence-corrected chi connectivity index (χ1v) is 11.4. The first-order chi connectivity index (χ1) is 15.2. The van der Waals surface area contributed by atoms with Gasteiger partial charge < -0.3 is 10.6 Å². The average molecular weight is 432 g/mol. The van der Waals surface area contributed by atoms with Crippen LogP contribution in [0.3, 0.4) is 0 Å². The van der Waals surface area contributed by atoms with E-state index in [1.165, 1.54) is 11.8 Å². The van der Waals surface area contributed by atoms with Crippen molar-refractivity contribution in [2.45, 2.75) is 42.1 Å². The molecule has 3 aromatic rings. The standard InChI is InChI=1S/C25H25N3O2S/c29-23(19-9-4-5-10-19)28-20-11-6-8-18(16-20)17-27-24(30)22-14-7-15-26-25(22)31-21-12-2-1-3-13-21/h1-3,6-8,11-16,19H,4-5,9-10,17H2,(H,27,30)(H,28,29). The third-order valence-corrected chi connectivity index (χ3v) is 6.37. The maximum absolute atomic E-state index is 12.8. The molecule has 31 heavy (non-hydrogen) atoms. The minimum atomic E-state index is -0.174. The fourth-order valence-corrected chi connectivity index (χ4v) is 4.61. The molecule has 1 aliphatic rings. The molecule has 0 spiro atoms. The Bertz CT molecular complexity index is 1050. The molecule has 2 aromatic carbocycles. The van der Waals surface area contributed by atoms with E-state index in [0.717, 1.165) is 41.8 Å². The van der Waals surface area contributed by atoms with Crippen molar-refractivity contribution < 1.29 is 9.59 Å². The third-order valence-electron chi connectivity index (χ3n) is 5.35. The maximum Gasteiger partial charge on any atom is 0.254 e. The van der Waals surface area contributed by atoms with Gasteiger partial charge in [-0.1, -0.05) is 54.9 Å². The molecule has 0 unspecified atom stereocenters. The van der Waals surface area contributed by atoms with Crippen molar-refractivity contribution in [3.8, 4) is 0 Å². The second-order valence-corrected chi connectivity index (χ2v) is 8.69. The van der Waals surface area contributed by atoms with Gasteiger partial charge in [-0.05, 0) is 54.8 Å². The lowest BCUT2D eigenvalue weighted by Gasteiger charge is -2.12. The molecule has 1 saturated carbocycles. The van der Waals surface area contributed by atoms with Crippen LogP contribution in [-0.4, -0.2) is 16.8 Å². The Labute approximate surface area is 186 Å². The molecule has 2 N–H and O–H groups in total. The quantitative estimate of drug-likeness (QED) is 0.533. The zero-order valence-corrected chi connectivity index (χ0v) is 18.0. The highest BCUT2D eigenvalue weighted by Crippen LogP contribution is 2.28.